The van der Waals surface area contributed by atoms with Crippen molar-refractivity contribution in [3.63, 3.8) is 0 Å². The number of pyridine rings is 1. The Hall–Kier alpha value is -2.17. The summed E-state index contributed by atoms with van der Waals surface area (Å²) < 4.78 is 6.74. The second-order valence-electron chi connectivity index (χ2n) is 4.41. The number of hydrogen-bond acceptors (Lipinski definition) is 4. The summed E-state index contributed by atoms with van der Waals surface area (Å²) in [7, 11) is 0. The lowest BCUT2D eigenvalue weighted by atomic mass is 10.2. The van der Waals surface area contributed by atoms with Gasteiger partial charge < -0.3 is 4.74 Å². The van der Waals surface area contributed by atoms with Crippen LogP contribution in [0.5, 0.6) is 0 Å². The number of carbonyl (C=O) groups is 1. The third kappa shape index (κ3) is 2.81. The highest BCUT2D eigenvalue weighted by Crippen LogP contribution is 2.21. The van der Waals surface area contributed by atoms with Crippen LogP contribution in [0, 0.1) is 0 Å². The average Bonchev–Trinajstić information content (AvgIpc) is 2.85. The molecule has 0 saturated carbocycles. The second-order valence-corrected chi connectivity index (χ2v) is 4.41. The lowest BCUT2D eigenvalue weighted by Crippen LogP contribution is -2.14. The Morgan fingerprint density at radius 3 is 2.63 bits per heavy atom. The zero-order valence-corrected chi connectivity index (χ0v) is 11.3. The third-order valence-corrected chi connectivity index (χ3v) is 2.69. The molecule has 0 atom stereocenters. The molecular weight excluding hydrogens is 242 g/mol. The Bertz CT molecular complexity index is 561. The minimum atomic E-state index is -0.344. The van der Waals surface area contributed by atoms with Gasteiger partial charge >= 0.3 is 5.97 Å². The monoisotopic (exact) mass is 259 g/mol. The summed E-state index contributed by atoms with van der Waals surface area (Å²) in [5.74, 6) is -0.344. The van der Waals surface area contributed by atoms with Crippen LogP contribution in [0.15, 0.2) is 30.6 Å². The molecular formula is C14H17N3O2. The molecule has 2 aromatic heterocycles. The van der Waals surface area contributed by atoms with E-state index in [-0.39, 0.29) is 12.0 Å². The summed E-state index contributed by atoms with van der Waals surface area (Å²) in [6.45, 7) is 6.10. The van der Waals surface area contributed by atoms with E-state index in [4.69, 9.17) is 4.74 Å². The molecule has 0 aliphatic carbocycles. The maximum absolute atomic E-state index is 11.9. The lowest BCUT2D eigenvalue weighted by Gasteiger charge is -2.09. The van der Waals surface area contributed by atoms with E-state index in [0.29, 0.717) is 12.3 Å². The molecule has 2 rings (SSSR count). The number of rotatable bonds is 4. The van der Waals surface area contributed by atoms with Gasteiger partial charge in [0.25, 0.3) is 0 Å². The van der Waals surface area contributed by atoms with Gasteiger partial charge in [0.15, 0.2) is 0 Å². The van der Waals surface area contributed by atoms with Gasteiger partial charge in [-0.25, -0.2) is 4.79 Å². The minimum absolute atomic E-state index is 0.0926. The molecule has 0 saturated heterocycles. The Kier molecular flexibility index (Phi) is 3.94. The standard InChI is InChI=1S/C14H17N3O2/c1-4-19-14(18)13-9-12(16-17(13)10(2)3)11-5-7-15-8-6-11/h5-10H,4H2,1-3H3. The Balaban J connectivity index is 2.44. The van der Waals surface area contributed by atoms with Crippen LogP contribution in [0.1, 0.15) is 37.3 Å². The zero-order chi connectivity index (χ0) is 13.8. The van der Waals surface area contributed by atoms with E-state index < -0.39 is 0 Å². The van der Waals surface area contributed by atoms with Crippen molar-refractivity contribution in [2.24, 2.45) is 0 Å². The van der Waals surface area contributed by atoms with Crippen molar-refractivity contribution < 1.29 is 9.53 Å². The molecule has 0 bridgehead atoms. The van der Waals surface area contributed by atoms with Gasteiger partial charge in [-0.15, -0.1) is 0 Å². The number of ether oxygens (including phenoxy) is 1. The summed E-state index contributed by atoms with van der Waals surface area (Å²) >= 11 is 0. The molecule has 0 aliphatic heterocycles. The first-order valence-electron chi connectivity index (χ1n) is 6.30. The summed E-state index contributed by atoms with van der Waals surface area (Å²) in [6.07, 6.45) is 3.40. The maximum Gasteiger partial charge on any atom is 0.356 e. The highest BCUT2D eigenvalue weighted by Gasteiger charge is 2.18. The maximum atomic E-state index is 11.9. The van der Waals surface area contributed by atoms with Crippen LogP contribution >= 0.6 is 0 Å². The van der Waals surface area contributed by atoms with Crippen molar-refractivity contribution in [1.82, 2.24) is 14.8 Å². The van der Waals surface area contributed by atoms with Gasteiger partial charge in [0, 0.05) is 24.0 Å². The van der Waals surface area contributed by atoms with Crippen molar-refractivity contribution in [3.05, 3.63) is 36.3 Å². The Morgan fingerprint density at radius 2 is 2.05 bits per heavy atom. The van der Waals surface area contributed by atoms with Crippen LogP contribution in [0.4, 0.5) is 0 Å². The molecule has 0 aliphatic rings. The van der Waals surface area contributed by atoms with Crippen LogP contribution < -0.4 is 0 Å². The van der Waals surface area contributed by atoms with Crippen LogP contribution in [0.3, 0.4) is 0 Å². The molecule has 0 radical (unpaired) electrons. The van der Waals surface area contributed by atoms with Crippen LogP contribution in [0.2, 0.25) is 0 Å². The van der Waals surface area contributed by atoms with Gasteiger partial charge in [-0.05, 0) is 39.0 Å². The zero-order valence-electron chi connectivity index (χ0n) is 11.3. The van der Waals surface area contributed by atoms with E-state index in [9.17, 15) is 4.79 Å². The number of carbonyl (C=O) groups excluding carboxylic acids is 1. The van der Waals surface area contributed by atoms with Crippen molar-refractivity contribution in [2.45, 2.75) is 26.8 Å². The topological polar surface area (TPSA) is 57.0 Å². The van der Waals surface area contributed by atoms with Crippen LogP contribution in [-0.4, -0.2) is 27.3 Å². The highest BCUT2D eigenvalue weighted by atomic mass is 16.5. The molecule has 0 amide bonds. The van der Waals surface area contributed by atoms with E-state index in [1.807, 2.05) is 26.0 Å². The summed E-state index contributed by atoms with van der Waals surface area (Å²) in [6, 6.07) is 5.58. The van der Waals surface area contributed by atoms with Gasteiger partial charge in [-0.1, -0.05) is 0 Å². The van der Waals surface area contributed by atoms with Crippen LogP contribution in [0.25, 0.3) is 11.3 Å². The molecule has 100 valence electrons. The highest BCUT2D eigenvalue weighted by molar-refractivity contribution is 5.89. The molecule has 5 heteroatoms. The van der Waals surface area contributed by atoms with Crippen molar-refractivity contribution in [2.75, 3.05) is 6.61 Å². The largest absolute Gasteiger partial charge is 0.461 e. The molecule has 0 spiro atoms. The van der Waals surface area contributed by atoms with Crippen molar-refractivity contribution >= 4 is 5.97 Å². The van der Waals surface area contributed by atoms with E-state index in [0.717, 1.165) is 11.3 Å². The quantitative estimate of drug-likeness (QED) is 0.792. The van der Waals surface area contributed by atoms with E-state index in [1.165, 1.54) is 0 Å². The van der Waals surface area contributed by atoms with Gasteiger partial charge in [0.2, 0.25) is 0 Å². The van der Waals surface area contributed by atoms with Crippen molar-refractivity contribution in [3.8, 4) is 11.3 Å². The molecule has 2 aromatic rings. The molecule has 0 fully saturated rings. The fourth-order valence-corrected chi connectivity index (χ4v) is 1.81. The normalized spacial score (nSPS) is 10.7. The van der Waals surface area contributed by atoms with Crippen molar-refractivity contribution in [1.29, 1.82) is 0 Å². The second kappa shape index (κ2) is 5.65. The first-order chi connectivity index (χ1) is 9.13. The summed E-state index contributed by atoms with van der Waals surface area (Å²) in [5.41, 5.74) is 2.16. The van der Waals surface area contributed by atoms with E-state index in [2.05, 4.69) is 10.1 Å². The minimum Gasteiger partial charge on any atom is -0.461 e. The smallest absolute Gasteiger partial charge is 0.356 e. The molecule has 0 N–H and O–H groups in total. The third-order valence-electron chi connectivity index (χ3n) is 2.69. The van der Waals surface area contributed by atoms with Gasteiger partial charge in [0.1, 0.15) is 5.69 Å². The lowest BCUT2D eigenvalue weighted by molar-refractivity contribution is 0.0510. The molecule has 0 unspecified atom stereocenters. The van der Waals surface area contributed by atoms with Gasteiger partial charge in [0.05, 0.1) is 12.3 Å². The molecule has 5 nitrogen and oxygen atoms in total. The molecule has 0 aromatic carbocycles. The SMILES string of the molecule is CCOC(=O)c1cc(-c2ccncc2)nn1C(C)C. The van der Waals surface area contributed by atoms with E-state index >= 15 is 0 Å². The number of nitrogens with zero attached hydrogens (tertiary/aromatic N) is 3. The first-order valence-corrected chi connectivity index (χ1v) is 6.30. The summed E-state index contributed by atoms with van der Waals surface area (Å²) in [4.78, 5) is 15.9. The Labute approximate surface area is 112 Å². The Morgan fingerprint density at radius 1 is 1.37 bits per heavy atom. The summed E-state index contributed by atoms with van der Waals surface area (Å²) in [5, 5.41) is 4.47. The average molecular weight is 259 g/mol. The van der Waals surface area contributed by atoms with Crippen LogP contribution in [-0.2, 0) is 4.74 Å². The fourth-order valence-electron chi connectivity index (χ4n) is 1.81. The van der Waals surface area contributed by atoms with E-state index in [1.54, 1.807) is 30.1 Å². The molecule has 19 heavy (non-hydrogen) atoms. The fraction of sp³-hybridized carbons (Fsp3) is 0.357. The van der Waals surface area contributed by atoms with Gasteiger partial charge in [-0.2, -0.15) is 5.10 Å². The number of aromatic nitrogens is 3. The first kappa shape index (κ1) is 13.3. The molecule has 2 heterocycles. The number of esters is 1. The predicted octanol–water partition coefficient (Wildman–Crippen LogP) is 2.70. The number of hydrogen-bond donors (Lipinski definition) is 0. The van der Waals surface area contributed by atoms with Gasteiger partial charge in [-0.3, -0.25) is 9.67 Å². The predicted molar refractivity (Wildman–Crippen MR) is 71.8 cm³/mol.